The normalized spacial score (nSPS) is 11.2. The Morgan fingerprint density at radius 1 is 1.30 bits per heavy atom. The zero-order valence-electron chi connectivity index (χ0n) is 10.8. The molecule has 20 heavy (non-hydrogen) atoms. The Labute approximate surface area is 120 Å². The highest BCUT2D eigenvalue weighted by Crippen LogP contribution is 2.34. The number of fused-ring (bicyclic) bond motifs is 1. The maximum Gasteiger partial charge on any atom is 0.145 e. The first-order chi connectivity index (χ1) is 9.61. The third-order valence-corrected chi connectivity index (χ3v) is 3.54. The molecule has 0 amide bonds. The van der Waals surface area contributed by atoms with Gasteiger partial charge in [-0.1, -0.05) is 17.7 Å². The molecule has 0 atom stereocenters. The van der Waals surface area contributed by atoms with Crippen LogP contribution in [0.2, 0.25) is 5.02 Å². The molecule has 0 spiro atoms. The van der Waals surface area contributed by atoms with Gasteiger partial charge in [0.25, 0.3) is 0 Å². The van der Waals surface area contributed by atoms with Crippen LogP contribution in [0.1, 0.15) is 6.92 Å². The van der Waals surface area contributed by atoms with Crippen LogP contribution in [0.4, 0.5) is 4.39 Å². The molecular weight excluding hydrogens is 279 g/mol. The van der Waals surface area contributed by atoms with Gasteiger partial charge in [0.15, 0.2) is 0 Å². The standard InChI is InChI=1S/C15H12ClFN2O/c1-2-19-14-11(16)4-3-5-12(14)18-15(19)10-8-9(17)6-7-13(10)20/h3-8,20H,2H2,1H3. The summed E-state index contributed by atoms with van der Waals surface area (Å²) < 4.78 is 15.3. The molecule has 0 radical (unpaired) electrons. The Balaban J connectivity index is 2.36. The van der Waals surface area contributed by atoms with Crippen LogP contribution in [-0.2, 0) is 6.54 Å². The van der Waals surface area contributed by atoms with Crippen molar-refractivity contribution in [1.82, 2.24) is 9.55 Å². The molecule has 3 rings (SSSR count). The van der Waals surface area contributed by atoms with Crippen LogP contribution in [0.25, 0.3) is 22.4 Å². The number of halogens is 2. The summed E-state index contributed by atoms with van der Waals surface area (Å²) in [5.74, 6) is 0.0822. The first-order valence-corrected chi connectivity index (χ1v) is 6.63. The van der Waals surface area contributed by atoms with Crippen molar-refractivity contribution in [2.75, 3.05) is 0 Å². The lowest BCUT2D eigenvalue weighted by molar-refractivity contribution is 0.474. The summed E-state index contributed by atoms with van der Waals surface area (Å²) in [5, 5.41) is 10.5. The van der Waals surface area contributed by atoms with E-state index < -0.39 is 5.82 Å². The molecule has 3 aromatic rings. The highest BCUT2D eigenvalue weighted by molar-refractivity contribution is 6.35. The van der Waals surface area contributed by atoms with E-state index in [0.717, 1.165) is 11.0 Å². The molecular formula is C15H12ClFN2O. The molecule has 1 N–H and O–H groups in total. The molecule has 102 valence electrons. The van der Waals surface area contributed by atoms with Gasteiger partial charge in [0.05, 0.1) is 21.6 Å². The van der Waals surface area contributed by atoms with Crippen LogP contribution >= 0.6 is 11.6 Å². The largest absolute Gasteiger partial charge is 0.507 e. The minimum Gasteiger partial charge on any atom is -0.507 e. The fourth-order valence-electron chi connectivity index (χ4n) is 2.34. The average Bonchev–Trinajstić information content (AvgIpc) is 2.81. The van der Waals surface area contributed by atoms with E-state index in [1.54, 1.807) is 6.07 Å². The van der Waals surface area contributed by atoms with Crippen LogP contribution in [-0.4, -0.2) is 14.7 Å². The van der Waals surface area contributed by atoms with Crippen molar-refractivity contribution in [3.8, 4) is 17.1 Å². The van der Waals surface area contributed by atoms with Crippen LogP contribution in [0, 0.1) is 5.82 Å². The van der Waals surface area contributed by atoms with E-state index in [-0.39, 0.29) is 5.75 Å². The van der Waals surface area contributed by atoms with Crippen molar-refractivity contribution in [2.45, 2.75) is 13.5 Å². The molecule has 0 fully saturated rings. The zero-order valence-corrected chi connectivity index (χ0v) is 11.5. The van der Waals surface area contributed by atoms with Crippen LogP contribution in [0.5, 0.6) is 5.75 Å². The second-order valence-corrected chi connectivity index (χ2v) is 4.86. The SMILES string of the molecule is CCn1c(-c2cc(F)ccc2O)nc2cccc(Cl)c21. The predicted octanol–water partition coefficient (Wildman–Crippen LogP) is 4.22. The van der Waals surface area contributed by atoms with Gasteiger partial charge in [0, 0.05) is 6.54 Å². The summed E-state index contributed by atoms with van der Waals surface area (Å²) in [4.78, 5) is 4.47. The van der Waals surface area contributed by atoms with Crippen LogP contribution in [0.3, 0.4) is 0 Å². The minimum absolute atomic E-state index is 0.00692. The number of hydrogen-bond donors (Lipinski definition) is 1. The van der Waals surface area contributed by atoms with Crippen molar-refractivity contribution < 1.29 is 9.50 Å². The Morgan fingerprint density at radius 3 is 2.85 bits per heavy atom. The smallest absolute Gasteiger partial charge is 0.145 e. The fraction of sp³-hybridized carbons (Fsp3) is 0.133. The van der Waals surface area contributed by atoms with E-state index in [2.05, 4.69) is 4.98 Å². The minimum atomic E-state index is -0.418. The molecule has 2 aromatic carbocycles. The van der Waals surface area contributed by atoms with Crippen molar-refractivity contribution >= 4 is 22.6 Å². The highest BCUT2D eigenvalue weighted by atomic mass is 35.5. The number of aromatic nitrogens is 2. The maximum atomic E-state index is 13.4. The van der Waals surface area contributed by atoms with Gasteiger partial charge >= 0.3 is 0 Å². The lowest BCUT2D eigenvalue weighted by Gasteiger charge is -2.08. The fourth-order valence-corrected chi connectivity index (χ4v) is 2.61. The van der Waals surface area contributed by atoms with Crippen molar-refractivity contribution in [1.29, 1.82) is 0 Å². The second kappa shape index (κ2) is 4.80. The number of phenols is 1. The summed E-state index contributed by atoms with van der Waals surface area (Å²) >= 11 is 6.22. The number of nitrogens with zero attached hydrogens (tertiary/aromatic N) is 2. The van der Waals surface area contributed by atoms with Crippen LogP contribution < -0.4 is 0 Å². The quantitative estimate of drug-likeness (QED) is 0.767. The number of rotatable bonds is 2. The Morgan fingerprint density at radius 2 is 2.10 bits per heavy atom. The summed E-state index contributed by atoms with van der Waals surface area (Å²) in [6.07, 6.45) is 0. The van der Waals surface area contributed by atoms with Gasteiger partial charge < -0.3 is 9.67 Å². The first kappa shape index (κ1) is 12.9. The van der Waals surface area contributed by atoms with Gasteiger partial charge in [-0.05, 0) is 37.3 Å². The van der Waals surface area contributed by atoms with Crippen LogP contribution in [0.15, 0.2) is 36.4 Å². The Bertz CT molecular complexity index is 798. The van der Waals surface area contributed by atoms with Gasteiger partial charge in [0.2, 0.25) is 0 Å². The number of aryl methyl sites for hydroxylation is 1. The maximum absolute atomic E-state index is 13.4. The highest BCUT2D eigenvalue weighted by Gasteiger charge is 2.16. The molecule has 0 saturated heterocycles. The van der Waals surface area contributed by atoms with Gasteiger partial charge in [-0.3, -0.25) is 0 Å². The van der Waals surface area contributed by atoms with E-state index in [1.807, 2.05) is 23.6 Å². The lowest BCUT2D eigenvalue weighted by atomic mass is 10.2. The zero-order chi connectivity index (χ0) is 14.3. The second-order valence-electron chi connectivity index (χ2n) is 4.45. The van der Waals surface area contributed by atoms with E-state index in [0.29, 0.717) is 23.0 Å². The summed E-state index contributed by atoms with van der Waals surface area (Å²) in [7, 11) is 0. The predicted molar refractivity (Wildman–Crippen MR) is 77.5 cm³/mol. The molecule has 1 heterocycles. The molecule has 0 bridgehead atoms. The van der Waals surface area contributed by atoms with Crippen molar-refractivity contribution in [3.05, 3.63) is 47.2 Å². The van der Waals surface area contributed by atoms with Gasteiger partial charge in [0.1, 0.15) is 17.4 Å². The molecule has 0 aliphatic heterocycles. The molecule has 3 nitrogen and oxygen atoms in total. The third kappa shape index (κ3) is 1.93. The van der Waals surface area contributed by atoms with Crippen molar-refractivity contribution in [2.24, 2.45) is 0 Å². The summed E-state index contributed by atoms with van der Waals surface area (Å²) in [5.41, 5.74) is 1.87. The molecule has 0 aliphatic rings. The average molecular weight is 291 g/mol. The molecule has 0 aliphatic carbocycles. The topological polar surface area (TPSA) is 38.0 Å². The number of para-hydroxylation sites is 1. The van der Waals surface area contributed by atoms with E-state index in [1.165, 1.54) is 18.2 Å². The monoisotopic (exact) mass is 290 g/mol. The number of benzene rings is 2. The third-order valence-electron chi connectivity index (χ3n) is 3.23. The van der Waals surface area contributed by atoms with Gasteiger partial charge in [-0.25, -0.2) is 9.37 Å². The van der Waals surface area contributed by atoms with Gasteiger partial charge in [-0.2, -0.15) is 0 Å². The number of hydrogen-bond acceptors (Lipinski definition) is 2. The van der Waals surface area contributed by atoms with Crippen molar-refractivity contribution in [3.63, 3.8) is 0 Å². The van der Waals surface area contributed by atoms with E-state index in [9.17, 15) is 9.50 Å². The summed E-state index contributed by atoms with van der Waals surface area (Å²) in [6, 6.07) is 9.25. The van der Waals surface area contributed by atoms with E-state index >= 15 is 0 Å². The molecule has 5 heteroatoms. The van der Waals surface area contributed by atoms with E-state index in [4.69, 9.17) is 11.6 Å². The summed E-state index contributed by atoms with van der Waals surface area (Å²) in [6.45, 7) is 2.57. The Kier molecular flexibility index (Phi) is 3.10. The molecule has 1 aromatic heterocycles. The Hall–Kier alpha value is -2.07. The lowest BCUT2D eigenvalue weighted by Crippen LogP contribution is -1.98. The number of aromatic hydroxyl groups is 1. The first-order valence-electron chi connectivity index (χ1n) is 6.25. The molecule has 0 saturated carbocycles. The number of imidazole rings is 1. The molecule has 0 unspecified atom stereocenters. The number of phenolic OH excluding ortho intramolecular Hbond substituents is 1. The van der Waals surface area contributed by atoms with Gasteiger partial charge in [-0.15, -0.1) is 0 Å².